The normalized spacial score (nSPS) is 26.4. The maximum atomic E-state index is 12.2. The molecule has 1 aromatic carbocycles. The van der Waals surface area contributed by atoms with E-state index in [-0.39, 0.29) is 18.1 Å². The number of aliphatic hydroxyl groups is 1. The number of carbonyl (C=O) groups is 1. The molecule has 1 aromatic rings. The van der Waals surface area contributed by atoms with E-state index in [1.807, 2.05) is 18.0 Å². The quantitative estimate of drug-likeness (QED) is 0.839. The number of benzene rings is 1. The second kappa shape index (κ2) is 4.94. The molecule has 0 bridgehead atoms. The van der Waals surface area contributed by atoms with Crippen LogP contribution in [-0.2, 0) is 17.6 Å². The number of likely N-dealkylation sites (tertiary alicyclic amines) is 1. The van der Waals surface area contributed by atoms with Crippen LogP contribution in [0.1, 0.15) is 24.0 Å². The number of anilines is 1. The Morgan fingerprint density at radius 1 is 1.37 bits per heavy atom. The third-order valence-corrected chi connectivity index (χ3v) is 4.19. The summed E-state index contributed by atoms with van der Waals surface area (Å²) in [5.74, 6) is -0.0167. The molecule has 0 unspecified atom stereocenters. The number of hydrogen-bond acceptors (Lipinski definition) is 3. The Balaban J connectivity index is 1.69. The third kappa shape index (κ3) is 2.51. The molecule has 1 fully saturated rings. The van der Waals surface area contributed by atoms with E-state index in [0.717, 1.165) is 18.5 Å². The van der Waals surface area contributed by atoms with E-state index in [0.29, 0.717) is 13.0 Å². The smallest absolute Gasteiger partial charge is 0.241 e. The molecule has 102 valence electrons. The maximum Gasteiger partial charge on any atom is 0.241 e. The van der Waals surface area contributed by atoms with Gasteiger partial charge in [-0.05, 0) is 56.0 Å². The Kier molecular flexibility index (Phi) is 3.29. The second-order valence-electron chi connectivity index (χ2n) is 5.67. The number of rotatable bonds is 2. The van der Waals surface area contributed by atoms with Crippen molar-refractivity contribution in [3.8, 4) is 0 Å². The lowest BCUT2D eigenvalue weighted by atomic mass is 10.1. The second-order valence-corrected chi connectivity index (χ2v) is 5.67. The molecule has 1 heterocycles. The van der Waals surface area contributed by atoms with Gasteiger partial charge in [0.05, 0.1) is 12.1 Å². The lowest BCUT2D eigenvalue weighted by Crippen LogP contribution is -2.37. The highest BCUT2D eigenvalue weighted by Gasteiger charge is 2.33. The number of aliphatic hydroxyl groups excluding tert-OH is 1. The zero-order valence-electron chi connectivity index (χ0n) is 11.2. The van der Waals surface area contributed by atoms with E-state index in [4.69, 9.17) is 0 Å². The summed E-state index contributed by atoms with van der Waals surface area (Å²) in [6, 6.07) is 5.97. The number of nitrogens with one attached hydrogen (secondary N) is 1. The summed E-state index contributed by atoms with van der Waals surface area (Å²) in [5, 5.41) is 12.6. The van der Waals surface area contributed by atoms with Gasteiger partial charge in [-0.1, -0.05) is 6.07 Å². The Bertz CT molecular complexity index is 501. The molecule has 0 spiro atoms. The zero-order chi connectivity index (χ0) is 13.4. The van der Waals surface area contributed by atoms with E-state index in [2.05, 4.69) is 17.4 Å². The fourth-order valence-corrected chi connectivity index (χ4v) is 3.15. The van der Waals surface area contributed by atoms with Crippen LogP contribution in [0.5, 0.6) is 0 Å². The number of nitrogens with zero attached hydrogens (tertiary/aromatic N) is 1. The molecule has 1 amide bonds. The van der Waals surface area contributed by atoms with Gasteiger partial charge in [0.15, 0.2) is 0 Å². The van der Waals surface area contributed by atoms with Gasteiger partial charge < -0.3 is 10.4 Å². The molecule has 0 saturated carbocycles. The monoisotopic (exact) mass is 260 g/mol. The van der Waals surface area contributed by atoms with Crippen LogP contribution in [-0.4, -0.2) is 41.7 Å². The van der Waals surface area contributed by atoms with E-state index in [1.165, 1.54) is 17.5 Å². The van der Waals surface area contributed by atoms with Crippen molar-refractivity contribution in [1.82, 2.24) is 4.90 Å². The SMILES string of the molecule is CN1C[C@@H](O)C[C@H]1C(=O)Nc1ccc2c(c1)CCC2. The van der Waals surface area contributed by atoms with E-state index < -0.39 is 0 Å². The third-order valence-electron chi connectivity index (χ3n) is 4.19. The van der Waals surface area contributed by atoms with Gasteiger partial charge in [0.1, 0.15) is 0 Å². The molecule has 1 saturated heterocycles. The van der Waals surface area contributed by atoms with Crippen molar-refractivity contribution in [2.45, 2.75) is 37.8 Å². The number of amides is 1. The lowest BCUT2D eigenvalue weighted by molar-refractivity contribution is -0.120. The molecule has 3 rings (SSSR count). The van der Waals surface area contributed by atoms with E-state index in [9.17, 15) is 9.90 Å². The van der Waals surface area contributed by atoms with Crippen molar-refractivity contribution in [1.29, 1.82) is 0 Å². The first kappa shape index (κ1) is 12.6. The predicted molar refractivity (Wildman–Crippen MR) is 74.1 cm³/mol. The van der Waals surface area contributed by atoms with Crippen LogP contribution in [0.25, 0.3) is 0 Å². The Labute approximate surface area is 113 Å². The minimum atomic E-state index is -0.388. The van der Waals surface area contributed by atoms with E-state index >= 15 is 0 Å². The van der Waals surface area contributed by atoms with Crippen LogP contribution in [0.3, 0.4) is 0 Å². The van der Waals surface area contributed by atoms with Gasteiger partial charge in [-0.15, -0.1) is 0 Å². The van der Waals surface area contributed by atoms with Crippen molar-refractivity contribution in [3.05, 3.63) is 29.3 Å². The van der Waals surface area contributed by atoms with Gasteiger partial charge in [0, 0.05) is 12.2 Å². The molecule has 1 aliphatic carbocycles. The van der Waals surface area contributed by atoms with Crippen LogP contribution < -0.4 is 5.32 Å². The molecular weight excluding hydrogens is 240 g/mol. The number of carbonyl (C=O) groups excluding carboxylic acids is 1. The van der Waals surface area contributed by atoms with Gasteiger partial charge in [-0.25, -0.2) is 0 Å². The highest BCUT2D eigenvalue weighted by atomic mass is 16.3. The summed E-state index contributed by atoms with van der Waals surface area (Å²) >= 11 is 0. The van der Waals surface area contributed by atoms with Gasteiger partial charge in [0.2, 0.25) is 5.91 Å². The minimum Gasteiger partial charge on any atom is -0.392 e. The molecule has 4 heteroatoms. The first-order valence-corrected chi connectivity index (χ1v) is 6.94. The number of aryl methyl sites for hydroxylation is 2. The van der Waals surface area contributed by atoms with Crippen molar-refractivity contribution in [2.75, 3.05) is 18.9 Å². The van der Waals surface area contributed by atoms with Gasteiger partial charge in [-0.2, -0.15) is 0 Å². The summed E-state index contributed by atoms with van der Waals surface area (Å²) in [6.45, 7) is 0.572. The summed E-state index contributed by atoms with van der Waals surface area (Å²) in [5.41, 5.74) is 3.64. The lowest BCUT2D eigenvalue weighted by Gasteiger charge is -2.18. The van der Waals surface area contributed by atoms with Crippen LogP contribution in [0.4, 0.5) is 5.69 Å². The summed E-state index contributed by atoms with van der Waals surface area (Å²) in [7, 11) is 1.88. The zero-order valence-corrected chi connectivity index (χ0v) is 11.2. The first-order valence-electron chi connectivity index (χ1n) is 6.94. The molecular formula is C15H20N2O2. The molecule has 0 radical (unpaired) electrons. The summed E-state index contributed by atoms with van der Waals surface area (Å²) in [6.07, 6.45) is 3.61. The van der Waals surface area contributed by atoms with Crippen molar-refractivity contribution >= 4 is 11.6 Å². The molecule has 0 aromatic heterocycles. The fraction of sp³-hybridized carbons (Fsp3) is 0.533. The Hall–Kier alpha value is -1.39. The van der Waals surface area contributed by atoms with Crippen molar-refractivity contribution in [3.63, 3.8) is 0 Å². The standard InChI is InChI=1S/C15H20N2O2/c1-17-9-13(18)8-14(17)15(19)16-12-6-5-10-3-2-4-11(10)7-12/h5-7,13-14,18H,2-4,8-9H2,1H3,(H,16,19)/t13-,14-/m0/s1. The molecule has 4 nitrogen and oxygen atoms in total. The molecule has 19 heavy (non-hydrogen) atoms. The molecule has 1 aliphatic heterocycles. The topological polar surface area (TPSA) is 52.6 Å². The Morgan fingerprint density at radius 2 is 2.16 bits per heavy atom. The predicted octanol–water partition coefficient (Wildman–Crippen LogP) is 1.18. The number of fused-ring (bicyclic) bond motifs is 1. The molecule has 2 N–H and O–H groups in total. The van der Waals surface area contributed by atoms with Gasteiger partial charge >= 0.3 is 0 Å². The van der Waals surface area contributed by atoms with E-state index in [1.54, 1.807) is 0 Å². The van der Waals surface area contributed by atoms with Crippen LogP contribution >= 0.6 is 0 Å². The number of hydrogen-bond donors (Lipinski definition) is 2. The average molecular weight is 260 g/mol. The minimum absolute atomic E-state index is 0.0167. The summed E-state index contributed by atoms with van der Waals surface area (Å²) < 4.78 is 0. The van der Waals surface area contributed by atoms with Gasteiger partial charge in [-0.3, -0.25) is 9.69 Å². The average Bonchev–Trinajstić information content (AvgIpc) is 2.94. The maximum absolute atomic E-state index is 12.2. The Morgan fingerprint density at radius 3 is 2.89 bits per heavy atom. The van der Waals surface area contributed by atoms with Crippen LogP contribution in [0.15, 0.2) is 18.2 Å². The van der Waals surface area contributed by atoms with Crippen LogP contribution in [0.2, 0.25) is 0 Å². The number of β-amino-alcohol motifs (C(OH)–C–C–N with tert-alkyl or cyclic N) is 1. The van der Waals surface area contributed by atoms with Crippen molar-refractivity contribution in [2.24, 2.45) is 0 Å². The molecule has 2 aliphatic rings. The highest BCUT2D eigenvalue weighted by Crippen LogP contribution is 2.25. The van der Waals surface area contributed by atoms with Crippen molar-refractivity contribution < 1.29 is 9.90 Å². The fourth-order valence-electron chi connectivity index (χ4n) is 3.15. The van der Waals surface area contributed by atoms with Gasteiger partial charge in [0.25, 0.3) is 0 Å². The summed E-state index contributed by atoms with van der Waals surface area (Å²) in [4.78, 5) is 14.1. The number of likely N-dealkylation sites (N-methyl/N-ethyl adjacent to an activating group) is 1. The largest absolute Gasteiger partial charge is 0.392 e. The first-order chi connectivity index (χ1) is 9.13. The van der Waals surface area contributed by atoms with Crippen LogP contribution in [0, 0.1) is 0 Å². The highest BCUT2D eigenvalue weighted by molar-refractivity contribution is 5.95. The molecule has 2 atom stereocenters.